The van der Waals surface area contributed by atoms with Crippen LogP contribution < -0.4 is 11.1 Å². The highest BCUT2D eigenvalue weighted by Gasteiger charge is 2.13. The number of hydrogen-bond acceptors (Lipinski definition) is 5. The molecule has 4 N–H and O–H groups in total. The lowest BCUT2D eigenvalue weighted by Crippen LogP contribution is -2.19. The molecule has 0 aromatic carbocycles. The largest absolute Gasteiger partial charge is 0.492 e. The van der Waals surface area contributed by atoms with Gasteiger partial charge in [0.2, 0.25) is 11.8 Å². The van der Waals surface area contributed by atoms with Gasteiger partial charge in [-0.3, -0.25) is 0 Å². The van der Waals surface area contributed by atoms with Crippen LogP contribution in [0.15, 0.2) is 6.20 Å². The second kappa shape index (κ2) is 5.01. The SMILES string of the molecule is Nc1cnc(NC2CCCCCC2)nc1O. The second-order valence-corrected chi connectivity index (χ2v) is 4.31. The monoisotopic (exact) mass is 222 g/mol. The summed E-state index contributed by atoms with van der Waals surface area (Å²) in [5.74, 6) is 0.324. The molecule has 2 rings (SSSR count). The second-order valence-electron chi connectivity index (χ2n) is 4.31. The van der Waals surface area contributed by atoms with Crippen molar-refractivity contribution in [2.75, 3.05) is 11.1 Å². The van der Waals surface area contributed by atoms with Crippen LogP contribution in [0.3, 0.4) is 0 Å². The first-order valence-electron chi connectivity index (χ1n) is 5.84. The fraction of sp³-hybridized carbons (Fsp3) is 0.636. The van der Waals surface area contributed by atoms with E-state index in [0.717, 1.165) is 12.8 Å². The van der Waals surface area contributed by atoms with Gasteiger partial charge in [-0.05, 0) is 12.8 Å². The molecule has 1 fully saturated rings. The Balaban J connectivity index is 1.99. The summed E-state index contributed by atoms with van der Waals surface area (Å²) in [6.07, 6.45) is 8.85. The van der Waals surface area contributed by atoms with Crippen molar-refractivity contribution in [3.05, 3.63) is 6.20 Å². The Bertz CT molecular complexity index is 348. The van der Waals surface area contributed by atoms with Crippen LogP contribution in [0.1, 0.15) is 38.5 Å². The number of aromatic nitrogens is 2. The molecular weight excluding hydrogens is 204 g/mol. The van der Waals surface area contributed by atoms with Crippen molar-refractivity contribution in [2.45, 2.75) is 44.6 Å². The maximum atomic E-state index is 9.37. The van der Waals surface area contributed by atoms with E-state index in [-0.39, 0.29) is 11.6 Å². The molecule has 1 heterocycles. The third kappa shape index (κ3) is 2.74. The van der Waals surface area contributed by atoms with Gasteiger partial charge in [0.1, 0.15) is 5.69 Å². The molecule has 1 saturated carbocycles. The molecule has 1 aromatic rings. The topological polar surface area (TPSA) is 84.1 Å². The standard InChI is InChI=1S/C11H18N4O/c12-9-7-13-11(15-10(9)16)14-8-5-3-1-2-4-6-8/h7-8H,1-6,12H2,(H2,13,14,15,16). The summed E-state index contributed by atoms with van der Waals surface area (Å²) in [5.41, 5.74) is 5.66. The molecule has 0 aliphatic heterocycles. The van der Waals surface area contributed by atoms with Crippen LogP contribution in [0.25, 0.3) is 0 Å². The summed E-state index contributed by atoms with van der Waals surface area (Å²) in [4.78, 5) is 7.96. The Morgan fingerprint density at radius 2 is 1.94 bits per heavy atom. The van der Waals surface area contributed by atoms with Crippen molar-refractivity contribution in [1.82, 2.24) is 9.97 Å². The Morgan fingerprint density at radius 1 is 1.25 bits per heavy atom. The highest BCUT2D eigenvalue weighted by Crippen LogP contribution is 2.21. The highest BCUT2D eigenvalue weighted by atomic mass is 16.3. The minimum atomic E-state index is -0.147. The smallest absolute Gasteiger partial charge is 0.239 e. The molecule has 5 nitrogen and oxygen atoms in total. The molecule has 0 amide bonds. The first kappa shape index (κ1) is 11.0. The summed E-state index contributed by atoms with van der Waals surface area (Å²) >= 11 is 0. The predicted molar refractivity (Wildman–Crippen MR) is 63.2 cm³/mol. The lowest BCUT2D eigenvalue weighted by atomic mass is 10.1. The fourth-order valence-corrected chi connectivity index (χ4v) is 2.06. The van der Waals surface area contributed by atoms with Crippen molar-refractivity contribution in [2.24, 2.45) is 0 Å². The van der Waals surface area contributed by atoms with Crippen LogP contribution in [0.5, 0.6) is 5.88 Å². The van der Waals surface area contributed by atoms with Gasteiger partial charge in [-0.2, -0.15) is 4.98 Å². The Kier molecular flexibility index (Phi) is 3.44. The number of anilines is 2. The van der Waals surface area contributed by atoms with E-state index in [0.29, 0.717) is 12.0 Å². The van der Waals surface area contributed by atoms with E-state index in [2.05, 4.69) is 15.3 Å². The number of nitrogens with one attached hydrogen (secondary N) is 1. The minimum Gasteiger partial charge on any atom is -0.492 e. The van der Waals surface area contributed by atoms with E-state index in [9.17, 15) is 5.11 Å². The van der Waals surface area contributed by atoms with Crippen molar-refractivity contribution in [3.8, 4) is 5.88 Å². The minimum absolute atomic E-state index is 0.147. The van der Waals surface area contributed by atoms with Gasteiger partial charge in [-0.25, -0.2) is 4.98 Å². The molecular formula is C11H18N4O. The number of aromatic hydroxyl groups is 1. The zero-order valence-corrected chi connectivity index (χ0v) is 9.32. The van der Waals surface area contributed by atoms with Crippen molar-refractivity contribution in [1.29, 1.82) is 0 Å². The van der Waals surface area contributed by atoms with E-state index < -0.39 is 0 Å². The van der Waals surface area contributed by atoms with E-state index >= 15 is 0 Å². The van der Waals surface area contributed by atoms with Gasteiger partial charge in [-0.15, -0.1) is 0 Å². The number of nitrogens with two attached hydrogens (primary N) is 1. The summed E-state index contributed by atoms with van der Waals surface area (Å²) in [6, 6.07) is 0.422. The number of nitrogen functional groups attached to an aromatic ring is 1. The predicted octanol–water partition coefficient (Wildman–Crippen LogP) is 1.90. The Morgan fingerprint density at radius 3 is 2.56 bits per heavy atom. The summed E-state index contributed by atoms with van der Waals surface area (Å²) in [7, 11) is 0. The zero-order chi connectivity index (χ0) is 11.4. The van der Waals surface area contributed by atoms with E-state index in [1.165, 1.54) is 31.9 Å². The van der Waals surface area contributed by atoms with E-state index in [1.54, 1.807) is 0 Å². The van der Waals surface area contributed by atoms with Gasteiger partial charge >= 0.3 is 0 Å². The lowest BCUT2D eigenvalue weighted by molar-refractivity contribution is 0.455. The maximum Gasteiger partial charge on any atom is 0.239 e. The third-order valence-electron chi connectivity index (χ3n) is 2.98. The van der Waals surface area contributed by atoms with Crippen LogP contribution in [0, 0.1) is 0 Å². The van der Waals surface area contributed by atoms with Crippen LogP contribution in [0.2, 0.25) is 0 Å². The van der Waals surface area contributed by atoms with Gasteiger partial charge < -0.3 is 16.2 Å². The van der Waals surface area contributed by atoms with Gasteiger partial charge in [0.25, 0.3) is 0 Å². The van der Waals surface area contributed by atoms with Gasteiger partial charge in [0.15, 0.2) is 0 Å². The molecule has 0 radical (unpaired) electrons. The van der Waals surface area contributed by atoms with Gasteiger partial charge in [0.05, 0.1) is 6.20 Å². The maximum absolute atomic E-state index is 9.37. The van der Waals surface area contributed by atoms with Crippen LogP contribution in [0.4, 0.5) is 11.6 Å². The Hall–Kier alpha value is -1.52. The molecule has 1 aromatic heterocycles. The van der Waals surface area contributed by atoms with Crippen molar-refractivity contribution >= 4 is 11.6 Å². The molecule has 1 aliphatic rings. The molecule has 1 aliphatic carbocycles. The number of nitrogens with zero attached hydrogens (tertiary/aromatic N) is 2. The number of rotatable bonds is 2. The quantitative estimate of drug-likeness (QED) is 0.665. The Labute approximate surface area is 95.1 Å². The third-order valence-corrected chi connectivity index (χ3v) is 2.98. The fourth-order valence-electron chi connectivity index (χ4n) is 2.06. The highest BCUT2D eigenvalue weighted by molar-refractivity contribution is 5.47. The van der Waals surface area contributed by atoms with Crippen LogP contribution >= 0.6 is 0 Å². The van der Waals surface area contributed by atoms with Crippen LogP contribution in [-0.2, 0) is 0 Å². The molecule has 0 unspecified atom stereocenters. The van der Waals surface area contributed by atoms with Crippen molar-refractivity contribution in [3.63, 3.8) is 0 Å². The molecule has 0 spiro atoms. The van der Waals surface area contributed by atoms with E-state index in [4.69, 9.17) is 5.73 Å². The van der Waals surface area contributed by atoms with E-state index in [1.807, 2.05) is 0 Å². The average molecular weight is 222 g/mol. The average Bonchev–Trinajstić information content (AvgIpc) is 2.52. The molecule has 16 heavy (non-hydrogen) atoms. The summed E-state index contributed by atoms with van der Waals surface area (Å²) in [6.45, 7) is 0. The van der Waals surface area contributed by atoms with Crippen LogP contribution in [-0.4, -0.2) is 21.1 Å². The lowest BCUT2D eigenvalue weighted by Gasteiger charge is -2.15. The molecule has 88 valence electrons. The molecule has 0 atom stereocenters. The summed E-state index contributed by atoms with van der Waals surface area (Å²) < 4.78 is 0. The van der Waals surface area contributed by atoms with Gasteiger partial charge in [0, 0.05) is 6.04 Å². The molecule has 0 saturated heterocycles. The normalized spacial score (nSPS) is 18.0. The summed E-state index contributed by atoms with van der Waals surface area (Å²) in [5, 5.41) is 12.6. The molecule has 0 bridgehead atoms. The molecule has 5 heteroatoms. The first-order valence-corrected chi connectivity index (χ1v) is 5.84. The van der Waals surface area contributed by atoms with Gasteiger partial charge in [-0.1, -0.05) is 25.7 Å². The van der Waals surface area contributed by atoms with Crippen molar-refractivity contribution < 1.29 is 5.11 Å². The number of hydrogen-bond donors (Lipinski definition) is 3. The zero-order valence-electron chi connectivity index (χ0n) is 9.32. The first-order chi connectivity index (χ1) is 7.75.